The number of ketones is 1. The summed E-state index contributed by atoms with van der Waals surface area (Å²) in [4.78, 5) is 28.4. The summed E-state index contributed by atoms with van der Waals surface area (Å²) in [7, 11) is 4.67. The molecule has 0 saturated heterocycles. The lowest BCUT2D eigenvalue weighted by Crippen LogP contribution is -2.40. The van der Waals surface area contributed by atoms with E-state index in [0.29, 0.717) is 30.1 Å². The van der Waals surface area contributed by atoms with Crippen LogP contribution in [0.4, 0.5) is 5.69 Å². The highest BCUT2D eigenvalue weighted by atomic mass is 16.5. The molecule has 2 aromatic carbocycles. The van der Waals surface area contributed by atoms with E-state index >= 15 is 0 Å². The van der Waals surface area contributed by atoms with E-state index in [9.17, 15) is 9.59 Å². The fourth-order valence-electron chi connectivity index (χ4n) is 4.96. The Morgan fingerprint density at radius 1 is 0.844 bits per heavy atom. The van der Waals surface area contributed by atoms with Gasteiger partial charge in [-0.15, -0.1) is 0 Å². The quantitative estimate of drug-likeness (QED) is 0.671. The van der Waals surface area contributed by atoms with Gasteiger partial charge in [-0.1, -0.05) is 6.07 Å². The molecule has 6 nitrogen and oxygen atoms in total. The lowest BCUT2D eigenvalue weighted by Gasteiger charge is -2.38. The molecule has 1 atom stereocenters. The number of carbonyl (C=O) groups excluding carboxylic acids is 2. The third-order valence-corrected chi connectivity index (χ3v) is 6.23. The lowest BCUT2D eigenvalue weighted by atomic mass is 9.77. The van der Waals surface area contributed by atoms with E-state index in [0.717, 1.165) is 40.1 Å². The Bertz CT molecular complexity index is 1070. The molecule has 0 bridgehead atoms. The van der Waals surface area contributed by atoms with Crippen LogP contribution in [0.2, 0.25) is 0 Å². The zero-order valence-electron chi connectivity index (χ0n) is 19.3. The van der Waals surface area contributed by atoms with Crippen LogP contribution in [0.1, 0.15) is 48.3 Å². The van der Waals surface area contributed by atoms with Gasteiger partial charge in [-0.2, -0.15) is 0 Å². The summed E-state index contributed by atoms with van der Waals surface area (Å²) in [5.74, 6) is 1.25. The van der Waals surface area contributed by atoms with Gasteiger partial charge in [-0.3, -0.25) is 14.5 Å². The molecular formula is C26H29NO5. The van der Waals surface area contributed by atoms with Crippen molar-refractivity contribution in [1.82, 2.24) is 0 Å². The molecule has 0 spiro atoms. The van der Waals surface area contributed by atoms with Gasteiger partial charge < -0.3 is 14.2 Å². The Morgan fingerprint density at radius 3 is 2.03 bits per heavy atom. The van der Waals surface area contributed by atoms with Crippen molar-refractivity contribution in [2.75, 3.05) is 26.2 Å². The minimum Gasteiger partial charge on any atom is -0.493 e. The number of allylic oxidation sites excluding steroid dienone is 2. The molecule has 0 aromatic heterocycles. The number of hydrogen-bond donors (Lipinski definition) is 0. The van der Waals surface area contributed by atoms with Crippen molar-refractivity contribution in [2.24, 2.45) is 0 Å². The molecule has 1 aliphatic carbocycles. The molecule has 168 valence electrons. The highest BCUT2D eigenvalue weighted by Gasteiger charge is 2.40. The second kappa shape index (κ2) is 8.69. The minimum atomic E-state index is -0.346. The zero-order chi connectivity index (χ0) is 23.0. The molecule has 0 radical (unpaired) electrons. The van der Waals surface area contributed by atoms with Gasteiger partial charge in [0.2, 0.25) is 11.7 Å². The summed E-state index contributed by atoms with van der Waals surface area (Å²) >= 11 is 0. The zero-order valence-corrected chi connectivity index (χ0v) is 19.3. The number of anilines is 1. The predicted octanol–water partition coefficient (Wildman–Crippen LogP) is 4.86. The molecule has 2 aromatic rings. The predicted molar refractivity (Wildman–Crippen MR) is 123 cm³/mol. The Kier molecular flexibility index (Phi) is 5.96. The number of amides is 1. The average molecular weight is 436 g/mol. The SMILES string of the molecule is COc1cc([C@@H]2CC(=O)N(c3cc(C)cc(C)c3)C3=C2C(=O)CCC3)cc(OC)c1OC. The van der Waals surface area contributed by atoms with Gasteiger partial charge in [0.25, 0.3) is 0 Å². The molecule has 2 aliphatic rings. The van der Waals surface area contributed by atoms with E-state index in [1.807, 2.05) is 38.1 Å². The molecular weight excluding hydrogens is 406 g/mol. The number of Topliss-reactive ketones (excluding diaryl/α,β-unsaturated/α-hetero) is 1. The number of benzene rings is 2. The van der Waals surface area contributed by atoms with Crippen LogP contribution in [0.15, 0.2) is 41.6 Å². The summed E-state index contributed by atoms with van der Waals surface area (Å²) in [5, 5.41) is 0. The van der Waals surface area contributed by atoms with Gasteiger partial charge in [-0.25, -0.2) is 0 Å². The molecule has 6 heteroatoms. The summed E-state index contributed by atoms with van der Waals surface area (Å²) in [5.41, 5.74) is 5.37. The average Bonchev–Trinajstić information content (AvgIpc) is 2.76. The Labute approximate surface area is 188 Å². The van der Waals surface area contributed by atoms with Crippen molar-refractivity contribution in [3.8, 4) is 17.2 Å². The molecule has 0 N–H and O–H groups in total. The summed E-state index contributed by atoms with van der Waals surface area (Å²) in [6, 6.07) is 9.79. The molecule has 0 unspecified atom stereocenters. The van der Waals surface area contributed by atoms with E-state index in [4.69, 9.17) is 14.2 Å². The number of nitrogens with zero attached hydrogens (tertiary/aromatic N) is 1. The number of hydrogen-bond acceptors (Lipinski definition) is 5. The van der Waals surface area contributed by atoms with Gasteiger partial charge in [0.1, 0.15) is 0 Å². The molecule has 32 heavy (non-hydrogen) atoms. The molecule has 0 fully saturated rings. The fourth-order valence-corrected chi connectivity index (χ4v) is 4.96. The van der Waals surface area contributed by atoms with E-state index in [-0.39, 0.29) is 24.0 Å². The first-order valence-corrected chi connectivity index (χ1v) is 10.8. The lowest BCUT2D eigenvalue weighted by molar-refractivity contribution is -0.119. The van der Waals surface area contributed by atoms with Gasteiger partial charge in [0, 0.05) is 35.7 Å². The van der Waals surface area contributed by atoms with Crippen molar-refractivity contribution in [3.05, 3.63) is 58.3 Å². The van der Waals surface area contributed by atoms with Crippen molar-refractivity contribution in [1.29, 1.82) is 0 Å². The first-order chi connectivity index (χ1) is 15.4. The minimum absolute atomic E-state index is 0.0119. The number of methoxy groups -OCH3 is 3. The van der Waals surface area contributed by atoms with E-state index in [2.05, 4.69) is 6.07 Å². The largest absolute Gasteiger partial charge is 0.493 e. The fraction of sp³-hybridized carbons (Fsp3) is 0.385. The van der Waals surface area contributed by atoms with Crippen LogP contribution >= 0.6 is 0 Å². The summed E-state index contributed by atoms with van der Waals surface area (Å²) in [6.45, 7) is 4.04. The van der Waals surface area contributed by atoms with Crippen molar-refractivity contribution < 1.29 is 23.8 Å². The van der Waals surface area contributed by atoms with Crippen LogP contribution in [0.5, 0.6) is 17.2 Å². The first-order valence-electron chi connectivity index (χ1n) is 10.8. The Hall–Kier alpha value is -3.28. The van der Waals surface area contributed by atoms with Crippen LogP contribution in [0.25, 0.3) is 0 Å². The third-order valence-electron chi connectivity index (χ3n) is 6.23. The molecule has 1 amide bonds. The second-order valence-corrected chi connectivity index (χ2v) is 8.43. The standard InChI is InChI=1S/C26H29NO5/c1-15-9-16(2)11-18(10-15)27-20-7-6-8-21(28)25(20)19(14-24(27)29)17-12-22(30-3)26(32-5)23(13-17)31-4/h9-13,19H,6-8,14H2,1-5H3/t19-/m0/s1. The second-order valence-electron chi connectivity index (χ2n) is 8.43. The number of rotatable bonds is 5. The van der Waals surface area contributed by atoms with Gasteiger partial charge in [0.05, 0.1) is 21.3 Å². The molecule has 1 heterocycles. The van der Waals surface area contributed by atoms with Gasteiger partial charge in [0.15, 0.2) is 17.3 Å². The van der Waals surface area contributed by atoms with Crippen molar-refractivity contribution in [3.63, 3.8) is 0 Å². The number of aryl methyl sites for hydroxylation is 2. The first kappa shape index (κ1) is 21.9. The molecule has 1 aliphatic heterocycles. The van der Waals surface area contributed by atoms with E-state index < -0.39 is 0 Å². The smallest absolute Gasteiger partial charge is 0.232 e. The van der Waals surface area contributed by atoms with Gasteiger partial charge >= 0.3 is 0 Å². The monoisotopic (exact) mass is 435 g/mol. The maximum absolute atomic E-state index is 13.5. The number of ether oxygens (including phenoxy) is 3. The Balaban J connectivity index is 1.89. The maximum atomic E-state index is 13.5. The van der Waals surface area contributed by atoms with Crippen LogP contribution in [0.3, 0.4) is 0 Å². The van der Waals surface area contributed by atoms with Crippen LogP contribution < -0.4 is 19.1 Å². The summed E-state index contributed by atoms with van der Waals surface area (Å²) < 4.78 is 16.5. The third kappa shape index (κ3) is 3.74. The van der Waals surface area contributed by atoms with Crippen molar-refractivity contribution in [2.45, 2.75) is 45.4 Å². The maximum Gasteiger partial charge on any atom is 0.232 e. The molecule has 4 rings (SSSR count). The highest BCUT2D eigenvalue weighted by Crippen LogP contribution is 2.47. The van der Waals surface area contributed by atoms with Gasteiger partial charge in [-0.05, 0) is 67.6 Å². The molecule has 0 saturated carbocycles. The van der Waals surface area contributed by atoms with E-state index in [1.165, 1.54) is 0 Å². The topological polar surface area (TPSA) is 65.1 Å². The summed E-state index contributed by atoms with van der Waals surface area (Å²) in [6.07, 6.45) is 2.14. The normalized spacial score (nSPS) is 18.5. The van der Waals surface area contributed by atoms with Crippen LogP contribution in [-0.4, -0.2) is 33.0 Å². The van der Waals surface area contributed by atoms with Crippen LogP contribution in [0, 0.1) is 13.8 Å². The van der Waals surface area contributed by atoms with Crippen molar-refractivity contribution >= 4 is 17.4 Å². The highest BCUT2D eigenvalue weighted by molar-refractivity contribution is 6.07. The Morgan fingerprint density at radius 2 is 1.47 bits per heavy atom. The van der Waals surface area contributed by atoms with E-state index in [1.54, 1.807) is 26.2 Å². The van der Waals surface area contributed by atoms with Crippen LogP contribution in [-0.2, 0) is 9.59 Å². The number of carbonyl (C=O) groups is 2.